The van der Waals surface area contributed by atoms with Crippen molar-refractivity contribution in [1.82, 2.24) is 30.1 Å². The largest absolute Gasteiger partial charge is 0.378 e. The van der Waals surface area contributed by atoms with Crippen molar-refractivity contribution < 1.29 is 14.1 Å². The summed E-state index contributed by atoms with van der Waals surface area (Å²) < 4.78 is 12.5. The molecule has 3 rings (SSSR count). The molecular weight excluding hydrogens is 312 g/mol. The van der Waals surface area contributed by atoms with Gasteiger partial charge >= 0.3 is 0 Å². The van der Waals surface area contributed by atoms with E-state index in [1.54, 1.807) is 23.2 Å². The standard InChI is InChI=1S/C15H20N6O3/c1-3-4-16-13(22)9-21-5-6-23-10-12(21)14-18-15(24-19-14)11-7-17-20(2)8-11/h3,7-8,12H,1,4-6,9-10H2,2H3,(H,16,22). The first kappa shape index (κ1) is 16.3. The molecule has 9 nitrogen and oxygen atoms in total. The van der Waals surface area contributed by atoms with Gasteiger partial charge in [-0.3, -0.25) is 14.4 Å². The Kier molecular flexibility index (Phi) is 5.02. The summed E-state index contributed by atoms with van der Waals surface area (Å²) in [6, 6.07) is -0.220. The summed E-state index contributed by atoms with van der Waals surface area (Å²) in [6.45, 7) is 5.90. The minimum absolute atomic E-state index is 0.0715. The Morgan fingerprint density at radius 1 is 1.58 bits per heavy atom. The number of amides is 1. The molecule has 2 aromatic heterocycles. The summed E-state index contributed by atoms with van der Waals surface area (Å²) in [7, 11) is 1.82. The van der Waals surface area contributed by atoms with E-state index >= 15 is 0 Å². The third-order valence-electron chi connectivity index (χ3n) is 3.72. The van der Waals surface area contributed by atoms with Gasteiger partial charge in [-0.1, -0.05) is 11.2 Å². The molecule has 3 heterocycles. The van der Waals surface area contributed by atoms with Gasteiger partial charge in [0.1, 0.15) is 0 Å². The molecule has 0 aromatic carbocycles. The van der Waals surface area contributed by atoms with E-state index in [2.05, 4.69) is 27.1 Å². The average Bonchev–Trinajstić information content (AvgIpc) is 3.22. The predicted molar refractivity (Wildman–Crippen MR) is 84.8 cm³/mol. The molecule has 9 heteroatoms. The number of morpholine rings is 1. The molecule has 1 aliphatic heterocycles. The van der Waals surface area contributed by atoms with E-state index in [0.29, 0.717) is 38.0 Å². The Hall–Kier alpha value is -2.52. The average molecular weight is 332 g/mol. The molecule has 1 unspecified atom stereocenters. The predicted octanol–water partition coefficient (Wildman–Crippen LogP) is 0.146. The molecule has 128 valence electrons. The van der Waals surface area contributed by atoms with Gasteiger partial charge in [-0.05, 0) is 0 Å². The van der Waals surface area contributed by atoms with Crippen LogP contribution in [0.25, 0.3) is 11.5 Å². The summed E-state index contributed by atoms with van der Waals surface area (Å²) in [4.78, 5) is 18.4. The highest BCUT2D eigenvalue weighted by atomic mass is 16.5. The molecule has 0 saturated carbocycles. The number of carbonyl (C=O) groups excluding carboxylic acids is 1. The summed E-state index contributed by atoms with van der Waals surface area (Å²) in [5, 5.41) is 10.9. The van der Waals surface area contributed by atoms with Crippen LogP contribution in [0.2, 0.25) is 0 Å². The van der Waals surface area contributed by atoms with E-state index in [1.807, 2.05) is 11.9 Å². The monoisotopic (exact) mass is 332 g/mol. The zero-order chi connectivity index (χ0) is 16.9. The fraction of sp³-hybridized carbons (Fsp3) is 0.467. The van der Waals surface area contributed by atoms with Crippen LogP contribution in [0.3, 0.4) is 0 Å². The van der Waals surface area contributed by atoms with Crippen molar-refractivity contribution in [3.8, 4) is 11.5 Å². The van der Waals surface area contributed by atoms with Crippen LogP contribution in [0.4, 0.5) is 0 Å². The molecule has 0 bridgehead atoms. The normalized spacial score (nSPS) is 18.5. The van der Waals surface area contributed by atoms with Crippen LogP contribution in [-0.2, 0) is 16.6 Å². The number of hydrogen-bond acceptors (Lipinski definition) is 7. The van der Waals surface area contributed by atoms with Gasteiger partial charge in [0.25, 0.3) is 5.89 Å². The van der Waals surface area contributed by atoms with Gasteiger partial charge in [-0.25, -0.2) is 0 Å². The van der Waals surface area contributed by atoms with E-state index in [0.717, 1.165) is 5.56 Å². The number of rotatable bonds is 6. The van der Waals surface area contributed by atoms with Crippen LogP contribution in [0.5, 0.6) is 0 Å². The number of carbonyl (C=O) groups is 1. The lowest BCUT2D eigenvalue weighted by molar-refractivity contribution is -0.124. The van der Waals surface area contributed by atoms with E-state index in [-0.39, 0.29) is 18.5 Å². The van der Waals surface area contributed by atoms with E-state index in [9.17, 15) is 4.79 Å². The molecule has 1 aliphatic rings. The summed E-state index contributed by atoms with van der Waals surface area (Å²) in [6.07, 6.45) is 5.11. The van der Waals surface area contributed by atoms with E-state index in [4.69, 9.17) is 9.26 Å². The summed E-state index contributed by atoms with van der Waals surface area (Å²) >= 11 is 0. The quantitative estimate of drug-likeness (QED) is 0.752. The zero-order valence-electron chi connectivity index (χ0n) is 13.5. The van der Waals surface area contributed by atoms with E-state index in [1.165, 1.54) is 0 Å². The molecule has 1 amide bonds. The van der Waals surface area contributed by atoms with Gasteiger partial charge in [0.15, 0.2) is 5.82 Å². The second kappa shape index (κ2) is 7.37. The van der Waals surface area contributed by atoms with Crippen LogP contribution in [-0.4, -0.2) is 63.6 Å². The number of hydrogen-bond donors (Lipinski definition) is 1. The molecular formula is C15H20N6O3. The van der Waals surface area contributed by atoms with Gasteiger partial charge in [0.05, 0.1) is 37.6 Å². The van der Waals surface area contributed by atoms with Crippen molar-refractivity contribution in [2.75, 3.05) is 32.8 Å². The van der Waals surface area contributed by atoms with Crippen molar-refractivity contribution in [3.05, 3.63) is 30.9 Å². The van der Waals surface area contributed by atoms with Crippen LogP contribution in [0, 0.1) is 0 Å². The molecule has 0 radical (unpaired) electrons. The van der Waals surface area contributed by atoms with Crippen molar-refractivity contribution in [3.63, 3.8) is 0 Å². The van der Waals surface area contributed by atoms with Crippen LogP contribution >= 0.6 is 0 Å². The molecule has 24 heavy (non-hydrogen) atoms. The van der Waals surface area contributed by atoms with Crippen molar-refractivity contribution in [1.29, 1.82) is 0 Å². The van der Waals surface area contributed by atoms with Crippen molar-refractivity contribution >= 4 is 5.91 Å². The lowest BCUT2D eigenvalue weighted by Gasteiger charge is -2.32. The minimum atomic E-state index is -0.220. The molecule has 1 saturated heterocycles. The number of aryl methyl sites for hydroxylation is 1. The van der Waals surface area contributed by atoms with Gasteiger partial charge in [0.2, 0.25) is 5.91 Å². The van der Waals surface area contributed by atoms with Gasteiger partial charge in [-0.15, -0.1) is 6.58 Å². The second-order valence-corrected chi connectivity index (χ2v) is 5.51. The lowest BCUT2D eigenvalue weighted by Crippen LogP contribution is -2.45. The number of aromatic nitrogens is 4. The molecule has 2 aromatic rings. The molecule has 0 aliphatic carbocycles. The van der Waals surface area contributed by atoms with Crippen LogP contribution in [0.1, 0.15) is 11.9 Å². The summed E-state index contributed by atoms with van der Waals surface area (Å²) in [5.74, 6) is 0.836. The SMILES string of the molecule is C=CCNC(=O)CN1CCOCC1c1noc(-c2cnn(C)c2)n1. The maximum absolute atomic E-state index is 12.0. The highest BCUT2D eigenvalue weighted by Gasteiger charge is 2.30. The third kappa shape index (κ3) is 3.69. The topological polar surface area (TPSA) is 98.3 Å². The fourth-order valence-electron chi connectivity index (χ4n) is 2.51. The highest BCUT2D eigenvalue weighted by molar-refractivity contribution is 5.78. The number of ether oxygens (including phenoxy) is 1. The maximum atomic E-state index is 12.0. The van der Waals surface area contributed by atoms with Gasteiger partial charge in [0, 0.05) is 26.3 Å². The van der Waals surface area contributed by atoms with E-state index < -0.39 is 0 Å². The zero-order valence-corrected chi connectivity index (χ0v) is 13.5. The number of nitrogens with one attached hydrogen (secondary N) is 1. The molecule has 1 N–H and O–H groups in total. The Bertz CT molecular complexity index is 710. The molecule has 0 spiro atoms. The smallest absolute Gasteiger partial charge is 0.261 e. The molecule has 1 atom stereocenters. The first-order chi connectivity index (χ1) is 11.7. The van der Waals surface area contributed by atoms with Crippen LogP contribution in [0.15, 0.2) is 29.6 Å². The maximum Gasteiger partial charge on any atom is 0.261 e. The van der Waals surface area contributed by atoms with Gasteiger partial charge in [-0.2, -0.15) is 10.1 Å². The Morgan fingerprint density at radius 2 is 2.46 bits per heavy atom. The minimum Gasteiger partial charge on any atom is -0.378 e. The second-order valence-electron chi connectivity index (χ2n) is 5.51. The lowest BCUT2D eigenvalue weighted by atomic mass is 10.2. The van der Waals surface area contributed by atoms with Gasteiger partial charge < -0.3 is 14.6 Å². The fourth-order valence-corrected chi connectivity index (χ4v) is 2.51. The third-order valence-corrected chi connectivity index (χ3v) is 3.72. The Balaban J connectivity index is 1.72. The number of nitrogens with zero attached hydrogens (tertiary/aromatic N) is 5. The summed E-state index contributed by atoms with van der Waals surface area (Å²) in [5.41, 5.74) is 0.753. The molecule has 1 fully saturated rings. The first-order valence-electron chi connectivity index (χ1n) is 7.69. The van der Waals surface area contributed by atoms with Crippen LogP contribution < -0.4 is 5.32 Å². The Labute approximate surface area is 139 Å². The van der Waals surface area contributed by atoms with Crippen molar-refractivity contribution in [2.24, 2.45) is 7.05 Å². The Morgan fingerprint density at radius 3 is 3.21 bits per heavy atom. The van der Waals surface area contributed by atoms with Crippen molar-refractivity contribution in [2.45, 2.75) is 6.04 Å². The first-order valence-corrected chi connectivity index (χ1v) is 7.69. The highest BCUT2D eigenvalue weighted by Crippen LogP contribution is 2.24.